The van der Waals surface area contributed by atoms with Crippen LogP contribution in [-0.4, -0.2) is 21.6 Å². The first kappa shape index (κ1) is 13.1. The lowest BCUT2D eigenvalue weighted by atomic mass is 10.3. The molecule has 0 bridgehead atoms. The van der Waals surface area contributed by atoms with Gasteiger partial charge in [0.1, 0.15) is 16.8 Å². The normalized spacial score (nSPS) is 11.2. The summed E-state index contributed by atoms with van der Waals surface area (Å²) in [5.41, 5.74) is 3.85. The van der Waals surface area contributed by atoms with Crippen molar-refractivity contribution >= 4 is 43.4 Å². The van der Waals surface area contributed by atoms with Crippen molar-refractivity contribution < 1.29 is 4.74 Å². The van der Waals surface area contributed by atoms with Crippen LogP contribution in [0.2, 0.25) is 0 Å². The molecule has 0 saturated carbocycles. The van der Waals surface area contributed by atoms with E-state index in [1.54, 1.807) is 18.4 Å². The van der Waals surface area contributed by atoms with Gasteiger partial charge in [-0.05, 0) is 24.3 Å². The van der Waals surface area contributed by atoms with Crippen molar-refractivity contribution in [2.24, 2.45) is 7.05 Å². The molecule has 4 aromatic rings. The van der Waals surface area contributed by atoms with Gasteiger partial charge in [0.25, 0.3) is 0 Å². The Morgan fingerprint density at radius 3 is 2.86 bits per heavy atom. The molecule has 0 atom stereocenters. The van der Waals surface area contributed by atoms with E-state index in [4.69, 9.17) is 9.72 Å². The van der Waals surface area contributed by atoms with Gasteiger partial charge in [-0.15, -0.1) is 0 Å². The van der Waals surface area contributed by atoms with E-state index in [0.717, 1.165) is 37.8 Å². The molecule has 0 fully saturated rings. The number of ether oxygens (including phenoxy) is 1. The van der Waals surface area contributed by atoms with E-state index >= 15 is 0 Å². The van der Waals surface area contributed by atoms with Crippen LogP contribution in [0, 0.1) is 0 Å². The number of fused-ring (bicyclic) bond motifs is 3. The van der Waals surface area contributed by atoms with E-state index < -0.39 is 0 Å². The number of thiazole rings is 1. The highest BCUT2D eigenvalue weighted by molar-refractivity contribution is 7.22. The summed E-state index contributed by atoms with van der Waals surface area (Å²) in [6.45, 7) is 0. The quantitative estimate of drug-likeness (QED) is 0.623. The fourth-order valence-corrected chi connectivity index (χ4v) is 3.39. The molecule has 6 heteroatoms. The number of para-hydroxylation sites is 2. The Morgan fingerprint density at radius 1 is 1.14 bits per heavy atom. The molecule has 0 saturated heterocycles. The maximum absolute atomic E-state index is 5.36. The van der Waals surface area contributed by atoms with Crippen LogP contribution in [0.1, 0.15) is 0 Å². The lowest BCUT2D eigenvalue weighted by molar-refractivity contribution is 0.417. The van der Waals surface area contributed by atoms with Gasteiger partial charge < -0.3 is 14.6 Å². The Labute approximate surface area is 131 Å². The molecule has 0 amide bonds. The zero-order valence-corrected chi connectivity index (χ0v) is 13.0. The predicted octanol–water partition coefficient (Wildman–Crippen LogP) is 3.94. The zero-order valence-electron chi connectivity index (χ0n) is 12.2. The number of hydrogen-bond donors (Lipinski definition) is 1. The summed E-state index contributed by atoms with van der Waals surface area (Å²) < 4.78 is 8.48. The van der Waals surface area contributed by atoms with Gasteiger partial charge in [-0.1, -0.05) is 23.5 Å². The molecule has 2 aromatic carbocycles. The van der Waals surface area contributed by atoms with Gasteiger partial charge in [-0.3, -0.25) is 0 Å². The third kappa shape index (κ3) is 2.00. The fourth-order valence-electron chi connectivity index (χ4n) is 2.50. The average molecular weight is 310 g/mol. The number of nitrogens with one attached hydrogen (secondary N) is 1. The van der Waals surface area contributed by atoms with E-state index in [-0.39, 0.29) is 0 Å². The number of benzene rings is 2. The van der Waals surface area contributed by atoms with Crippen LogP contribution >= 0.6 is 11.3 Å². The zero-order chi connectivity index (χ0) is 15.1. The van der Waals surface area contributed by atoms with E-state index in [1.807, 2.05) is 42.2 Å². The SMILES string of the molecule is COc1ccccc1Nc1nc2c(ccc3c2ncn3C)s1. The third-order valence-corrected chi connectivity index (χ3v) is 4.54. The molecule has 0 aliphatic carbocycles. The second-order valence-corrected chi connectivity index (χ2v) is 6.01. The van der Waals surface area contributed by atoms with Crippen molar-refractivity contribution in [3.8, 4) is 5.75 Å². The number of imidazole rings is 1. The molecular weight excluding hydrogens is 296 g/mol. The van der Waals surface area contributed by atoms with Crippen molar-refractivity contribution in [3.63, 3.8) is 0 Å². The van der Waals surface area contributed by atoms with Crippen LogP contribution < -0.4 is 10.1 Å². The minimum absolute atomic E-state index is 0.796. The van der Waals surface area contributed by atoms with Crippen LogP contribution in [0.15, 0.2) is 42.7 Å². The van der Waals surface area contributed by atoms with Crippen LogP contribution in [0.5, 0.6) is 5.75 Å². The monoisotopic (exact) mass is 310 g/mol. The standard InChI is InChI=1S/C16H14N4OS/c1-20-9-17-14-11(20)7-8-13-15(14)19-16(22-13)18-10-5-3-4-6-12(10)21-2/h3-9H,1-2H3,(H,18,19). The number of nitrogens with zero attached hydrogens (tertiary/aromatic N) is 3. The van der Waals surface area contributed by atoms with Crippen molar-refractivity contribution in [1.82, 2.24) is 14.5 Å². The maximum atomic E-state index is 5.36. The highest BCUT2D eigenvalue weighted by Gasteiger charge is 2.11. The highest BCUT2D eigenvalue weighted by atomic mass is 32.1. The van der Waals surface area contributed by atoms with Gasteiger partial charge in [-0.2, -0.15) is 0 Å². The van der Waals surface area contributed by atoms with Crippen molar-refractivity contribution in [3.05, 3.63) is 42.7 Å². The summed E-state index contributed by atoms with van der Waals surface area (Å²) >= 11 is 1.61. The van der Waals surface area contributed by atoms with Crippen molar-refractivity contribution in [2.45, 2.75) is 0 Å². The number of methoxy groups -OCH3 is 1. The summed E-state index contributed by atoms with van der Waals surface area (Å²) in [5.74, 6) is 0.796. The minimum atomic E-state index is 0.796. The van der Waals surface area contributed by atoms with E-state index in [1.165, 1.54) is 0 Å². The maximum Gasteiger partial charge on any atom is 0.188 e. The second-order valence-electron chi connectivity index (χ2n) is 4.98. The first-order valence-electron chi connectivity index (χ1n) is 6.87. The summed E-state index contributed by atoms with van der Waals surface area (Å²) in [6, 6.07) is 12.0. The smallest absolute Gasteiger partial charge is 0.188 e. The first-order valence-corrected chi connectivity index (χ1v) is 7.68. The molecule has 0 spiro atoms. The fraction of sp³-hybridized carbons (Fsp3) is 0.125. The van der Waals surface area contributed by atoms with Crippen LogP contribution in [0.4, 0.5) is 10.8 Å². The molecule has 22 heavy (non-hydrogen) atoms. The molecule has 0 unspecified atom stereocenters. The Balaban J connectivity index is 1.81. The first-order chi connectivity index (χ1) is 10.8. The Kier molecular flexibility index (Phi) is 2.97. The van der Waals surface area contributed by atoms with Gasteiger partial charge in [0, 0.05) is 7.05 Å². The summed E-state index contributed by atoms with van der Waals surface area (Å²) in [4.78, 5) is 9.16. The molecule has 0 radical (unpaired) electrons. The average Bonchev–Trinajstić information content (AvgIpc) is 3.11. The van der Waals surface area contributed by atoms with Gasteiger partial charge in [0.2, 0.25) is 0 Å². The highest BCUT2D eigenvalue weighted by Crippen LogP contribution is 2.34. The molecule has 1 N–H and O–H groups in total. The van der Waals surface area contributed by atoms with Gasteiger partial charge in [-0.25, -0.2) is 9.97 Å². The third-order valence-electron chi connectivity index (χ3n) is 3.60. The van der Waals surface area contributed by atoms with Crippen LogP contribution in [0.25, 0.3) is 21.3 Å². The van der Waals surface area contributed by atoms with E-state index in [0.29, 0.717) is 0 Å². The summed E-state index contributed by atoms with van der Waals surface area (Å²) in [7, 11) is 3.65. The van der Waals surface area contributed by atoms with Gasteiger partial charge in [0.05, 0.1) is 29.3 Å². The molecule has 4 rings (SSSR count). The van der Waals surface area contributed by atoms with Crippen molar-refractivity contribution in [2.75, 3.05) is 12.4 Å². The second kappa shape index (κ2) is 4.99. The number of hydrogen-bond acceptors (Lipinski definition) is 5. The van der Waals surface area contributed by atoms with E-state index in [2.05, 4.69) is 22.4 Å². The summed E-state index contributed by atoms with van der Waals surface area (Å²) in [5, 5.41) is 4.16. The summed E-state index contributed by atoms with van der Waals surface area (Å²) in [6.07, 6.45) is 1.82. The molecule has 2 heterocycles. The lowest BCUT2D eigenvalue weighted by Crippen LogP contribution is -1.93. The molecule has 0 aliphatic heterocycles. The Morgan fingerprint density at radius 2 is 2.00 bits per heavy atom. The molecule has 2 aromatic heterocycles. The largest absolute Gasteiger partial charge is 0.495 e. The van der Waals surface area contributed by atoms with E-state index in [9.17, 15) is 0 Å². The van der Waals surface area contributed by atoms with Crippen LogP contribution in [0.3, 0.4) is 0 Å². The Bertz CT molecular complexity index is 973. The Hall–Kier alpha value is -2.60. The number of anilines is 2. The van der Waals surface area contributed by atoms with Crippen molar-refractivity contribution in [1.29, 1.82) is 0 Å². The lowest BCUT2D eigenvalue weighted by Gasteiger charge is -2.07. The number of rotatable bonds is 3. The number of aromatic nitrogens is 3. The minimum Gasteiger partial charge on any atom is -0.495 e. The molecular formula is C16H14N4OS. The number of aryl methyl sites for hydroxylation is 1. The molecule has 110 valence electrons. The molecule has 0 aliphatic rings. The van der Waals surface area contributed by atoms with Gasteiger partial charge >= 0.3 is 0 Å². The molecule has 5 nitrogen and oxygen atoms in total. The van der Waals surface area contributed by atoms with Gasteiger partial charge in [0.15, 0.2) is 5.13 Å². The van der Waals surface area contributed by atoms with Crippen LogP contribution in [-0.2, 0) is 7.05 Å². The topological polar surface area (TPSA) is 52.0 Å². The predicted molar refractivity (Wildman–Crippen MR) is 90.2 cm³/mol.